The van der Waals surface area contributed by atoms with Crippen LogP contribution in [0.5, 0.6) is 0 Å². The minimum absolute atomic E-state index is 0.502. The predicted octanol–water partition coefficient (Wildman–Crippen LogP) is 2.26. The fraction of sp³-hybridized carbons (Fsp3) is 0.667. The van der Waals surface area contributed by atoms with Gasteiger partial charge in [-0.15, -0.1) is 0 Å². The van der Waals surface area contributed by atoms with Crippen molar-refractivity contribution in [1.29, 1.82) is 0 Å². The first-order valence-electron chi connectivity index (χ1n) is 3.87. The maximum atomic E-state index is 5.94. The minimum atomic E-state index is -2.61. The lowest BCUT2D eigenvalue weighted by molar-refractivity contribution is 0.596. The fourth-order valence-corrected chi connectivity index (χ4v) is 2.48. The SMILES string of the molecule is CN(C)C1=NC(N(C)C)=NP(Cl)(Cl)=N1. The van der Waals surface area contributed by atoms with Crippen molar-refractivity contribution >= 4 is 40.3 Å². The van der Waals surface area contributed by atoms with E-state index < -0.39 is 5.91 Å². The van der Waals surface area contributed by atoms with Crippen molar-refractivity contribution in [3.8, 4) is 0 Å². The molecule has 0 amide bonds. The minimum Gasteiger partial charge on any atom is -0.347 e. The normalized spacial score (nSPS) is 19.3. The van der Waals surface area contributed by atoms with E-state index in [0.29, 0.717) is 11.9 Å². The van der Waals surface area contributed by atoms with Crippen molar-refractivity contribution < 1.29 is 0 Å². The van der Waals surface area contributed by atoms with E-state index in [9.17, 15) is 0 Å². The van der Waals surface area contributed by atoms with E-state index in [1.54, 1.807) is 9.80 Å². The molecule has 80 valence electrons. The van der Waals surface area contributed by atoms with Crippen molar-refractivity contribution in [3.05, 3.63) is 0 Å². The van der Waals surface area contributed by atoms with Gasteiger partial charge in [-0.25, -0.2) is 0 Å². The monoisotopic (exact) mass is 255 g/mol. The largest absolute Gasteiger partial charge is 0.347 e. The van der Waals surface area contributed by atoms with Crippen molar-refractivity contribution in [2.45, 2.75) is 0 Å². The predicted molar refractivity (Wildman–Crippen MR) is 63.3 cm³/mol. The molecular formula is C6H12Cl2N5P. The Balaban J connectivity index is 3.15. The first kappa shape index (κ1) is 11.8. The summed E-state index contributed by atoms with van der Waals surface area (Å²) in [5.74, 6) is -1.61. The lowest BCUT2D eigenvalue weighted by Gasteiger charge is -2.21. The first-order valence-corrected chi connectivity index (χ1v) is 7.37. The molecule has 0 spiro atoms. The third-order valence-electron chi connectivity index (χ3n) is 1.42. The summed E-state index contributed by atoms with van der Waals surface area (Å²) in [4.78, 5) is 7.68. The van der Waals surface area contributed by atoms with Crippen LogP contribution in [0.25, 0.3) is 0 Å². The van der Waals surface area contributed by atoms with E-state index in [1.807, 2.05) is 28.2 Å². The Bertz CT molecular complexity index is 331. The molecule has 1 aliphatic rings. The van der Waals surface area contributed by atoms with Crippen LogP contribution in [0.1, 0.15) is 0 Å². The van der Waals surface area contributed by atoms with Gasteiger partial charge in [0.15, 0.2) is 0 Å². The van der Waals surface area contributed by atoms with Gasteiger partial charge < -0.3 is 9.80 Å². The van der Waals surface area contributed by atoms with Crippen LogP contribution in [0.4, 0.5) is 0 Å². The van der Waals surface area contributed by atoms with E-state index in [4.69, 9.17) is 22.5 Å². The average molecular weight is 256 g/mol. The summed E-state index contributed by atoms with van der Waals surface area (Å²) in [6, 6.07) is 0. The van der Waals surface area contributed by atoms with E-state index in [2.05, 4.69) is 14.5 Å². The Morgan fingerprint density at radius 3 is 1.93 bits per heavy atom. The summed E-state index contributed by atoms with van der Waals surface area (Å²) in [6.07, 6.45) is 0. The average Bonchev–Trinajstić information content (AvgIpc) is 2.01. The lowest BCUT2D eigenvalue weighted by atomic mass is 10.7. The van der Waals surface area contributed by atoms with Gasteiger partial charge >= 0.3 is 0 Å². The van der Waals surface area contributed by atoms with Crippen LogP contribution < -0.4 is 0 Å². The van der Waals surface area contributed by atoms with Gasteiger partial charge in [0.25, 0.3) is 5.91 Å². The van der Waals surface area contributed by atoms with Gasteiger partial charge in [0.2, 0.25) is 11.9 Å². The van der Waals surface area contributed by atoms with Crippen molar-refractivity contribution in [3.63, 3.8) is 0 Å². The quantitative estimate of drug-likeness (QED) is 0.624. The highest BCUT2D eigenvalue weighted by atomic mass is 35.9. The topological polar surface area (TPSA) is 43.6 Å². The molecule has 0 aromatic carbocycles. The molecule has 0 fully saturated rings. The van der Waals surface area contributed by atoms with Crippen LogP contribution in [-0.4, -0.2) is 49.9 Å². The van der Waals surface area contributed by atoms with E-state index in [1.165, 1.54) is 0 Å². The van der Waals surface area contributed by atoms with Crippen molar-refractivity contribution in [2.75, 3.05) is 28.2 Å². The second kappa shape index (κ2) is 4.09. The zero-order valence-corrected chi connectivity index (χ0v) is 10.8. The molecule has 0 saturated heterocycles. The zero-order valence-electron chi connectivity index (χ0n) is 8.44. The van der Waals surface area contributed by atoms with Crippen LogP contribution in [-0.2, 0) is 0 Å². The smallest absolute Gasteiger partial charge is 0.259 e. The number of hydrogen-bond donors (Lipinski definition) is 0. The molecule has 14 heavy (non-hydrogen) atoms. The summed E-state index contributed by atoms with van der Waals surface area (Å²) in [5.41, 5.74) is 0. The third-order valence-corrected chi connectivity index (χ3v) is 3.17. The van der Waals surface area contributed by atoms with Crippen molar-refractivity contribution in [1.82, 2.24) is 9.80 Å². The molecule has 0 aromatic heterocycles. The van der Waals surface area contributed by atoms with Crippen LogP contribution >= 0.6 is 28.4 Å². The van der Waals surface area contributed by atoms with Gasteiger partial charge in [-0.05, 0) is 22.5 Å². The molecule has 0 unspecified atom stereocenters. The Hall–Kier alpha value is -0.250. The van der Waals surface area contributed by atoms with Gasteiger partial charge in [-0.1, -0.05) is 0 Å². The molecule has 8 heteroatoms. The summed E-state index contributed by atoms with van der Waals surface area (Å²) >= 11 is 11.9. The zero-order chi connectivity index (χ0) is 10.9. The molecule has 5 nitrogen and oxygen atoms in total. The van der Waals surface area contributed by atoms with Gasteiger partial charge in [0.05, 0.1) is 0 Å². The molecule has 0 atom stereocenters. The highest BCUT2D eigenvalue weighted by Gasteiger charge is 2.21. The third kappa shape index (κ3) is 2.87. The van der Waals surface area contributed by atoms with Gasteiger partial charge in [-0.2, -0.15) is 14.5 Å². The summed E-state index contributed by atoms with van der Waals surface area (Å²) in [6.45, 7) is 0. The molecule has 0 bridgehead atoms. The molecule has 0 saturated carbocycles. The molecule has 0 aliphatic carbocycles. The first-order chi connectivity index (χ1) is 6.32. The Labute approximate surface area is 93.1 Å². The fourth-order valence-electron chi connectivity index (χ4n) is 0.751. The molecule has 0 aromatic rings. The maximum Gasteiger partial charge on any atom is 0.259 e. The maximum absolute atomic E-state index is 5.94. The van der Waals surface area contributed by atoms with E-state index in [0.717, 1.165) is 0 Å². The highest BCUT2D eigenvalue weighted by Crippen LogP contribution is 2.62. The number of hydrogen-bond acceptors (Lipinski definition) is 5. The summed E-state index contributed by atoms with van der Waals surface area (Å²) in [7, 11) is 7.31. The van der Waals surface area contributed by atoms with Crippen LogP contribution in [0, 0.1) is 0 Å². The molecular weight excluding hydrogens is 244 g/mol. The van der Waals surface area contributed by atoms with Gasteiger partial charge in [-0.3, -0.25) is 0 Å². The van der Waals surface area contributed by atoms with E-state index in [-0.39, 0.29) is 0 Å². The molecule has 0 N–H and O–H groups in total. The highest BCUT2D eigenvalue weighted by molar-refractivity contribution is 8.09. The molecule has 1 heterocycles. The Morgan fingerprint density at radius 2 is 1.50 bits per heavy atom. The summed E-state index contributed by atoms with van der Waals surface area (Å²) in [5, 5.41) is 0. The number of aliphatic imine (C=N–C) groups is 1. The Morgan fingerprint density at radius 1 is 1.00 bits per heavy atom. The van der Waals surface area contributed by atoms with Gasteiger partial charge in [0.1, 0.15) is 0 Å². The second-order valence-electron chi connectivity index (χ2n) is 3.16. The molecule has 1 aliphatic heterocycles. The number of nitrogens with zero attached hydrogens (tertiary/aromatic N) is 5. The van der Waals surface area contributed by atoms with Crippen LogP contribution in [0.15, 0.2) is 14.5 Å². The van der Waals surface area contributed by atoms with Gasteiger partial charge in [0, 0.05) is 28.2 Å². The standard InChI is InChI=1S/C6H12Cl2N5P/c1-12(2)5-9-6(13(3)4)11-14(7,8)10-5/h1-4H3. The van der Waals surface area contributed by atoms with E-state index >= 15 is 0 Å². The van der Waals surface area contributed by atoms with Crippen LogP contribution in [0.3, 0.4) is 0 Å². The number of rotatable bonds is 0. The summed E-state index contributed by atoms with van der Waals surface area (Å²) < 4.78 is 8.10. The Kier molecular flexibility index (Phi) is 3.45. The lowest BCUT2D eigenvalue weighted by Crippen LogP contribution is -2.27. The molecule has 0 radical (unpaired) electrons. The number of halogens is 2. The van der Waals surface area contributed by atoms with Crippen molar-refractivity contribution in [2.24, 2.45) is 14.5 Å². The second-order valence-corrected chi connectivity index (χ2v) is 7.82. The molecule has 1 rings (SSSR count). The number of guanidine groups is 2. The van der Waals surface area contributed by atoms with Crippen LogP contribution in [0.2, 0.25) is 0 Å².